The summed E-state index contributed by atoms with van der Waals surface area (Å²) in [6.45, 7) is 2.89. The minimum Gasteiger partial charge on any atom is -0.396 e. The normalized spacial score (nSPS) is 13.1. The third-order valence-electron chi connectivity index (χ3n) is 2.02. The van der Waals surface area contributed by atoms with E-state index in [1.807, 2.05) is 13.1 Å². The molecule has 14 heavy (non-hydrogen) atoms. The van der Waals surface area contributed by atoms with Crippen molar-refractivity contribution in [2.24, 2.45) is 0 Å². The second-order valence-electron chi connectivity index (χ2n) is 3.31. The molecule has 0 aliphatic carbocycles. The Hall–Kier alpha value is -0.940. The standard InChI is InChI=1S/C9H17N3O2/c1-8(14-2)6-12-7-9(10-11-12)4-3-5-13/h7-8,13H,3-6H2,1-2H3. The van der Waals surface area contributed by atoms with Crippen molar-refractivity contribution in [2.45, 2.75) is 32.4 Å². The largest absolute Gasteiger partial charge is 0.396 e. The average molecular weight is 199 g/mol. The zero-order valence-corrected chi connectivity index (χ0v) is 8.68. The molecule has 0 saturated heterocycles. The summed E-state index contributed by atoms with van der Waals surface area (Å²) in [5.41, 5.74) is 0.919. The summed E-state index contributed by atoms with van der Waals surface area (Å²) in [4.78, 5) is 0. The fourth-order valence-corrected chi connectivity index (χ4v) is 1.14. The van der Waals surface area contributed by atoms with Crippen LogP contribution in [0.1, 0.15) is 19.0 Å². The lowest BCUT2D eigenvalue weighted by molar-refractivity contribution is 0.0993. The molecule has 1 aromatic heterocycles. The molecule has 1 unspecified atom stereocenters. The molecule has 80 valence electrons. The van der Waals surface area contributed by atoms with Gasteiger partial charge in [-0.05, 0) is 19.8 Å². The molecule has 0 radical (unpaired) electrons. The Balaban J connectivity index is 2.42. The van der Waals surface area contributed by atoms with Crippen molar-refractivity contribution in [3.05, 3.63) is 11.9 Å². The zero-order valence-electron chi connectivity index (χ0n) is 8.68. The van der Waals surface area contributed by atoms with Crippen LogP contribution in [-0.4, -0.2) is 39.9 Å². The second kappa shape index (κ2) is 5.72. The van der Waals surface area contributed by atoms with E-state index in [1.165, 1.54) is 0 Å². The minimum atomic E-state index is 0.141. The van der Waals surface area contributed by atoms with Crippen LogP contribution < -0.4 is 0 Å². The van der Waals surface area contributed by atoms with Crippen LogP contribution in [0.2, 0.25) is 0 Å². The molecular weight excluding hydrogens is 182 g/mol. The Bertz CT molecular complexity index is 262. The number of aromatic nitrogens is 3. The number of aryl methyl sites for hydroxylation is 1. The first-order valence-corrected chi connectivity index (χ1v) is 4.79. The molecule has 0 fully saturated rings. The number of hydrogen-bond donors (Lipinski definition) is 1. The van der Waals surface area contributed by atoms with E-state index in [1.54, 1.807) is 11.8 Å². The molecule has 1 rings (SSSR count). The monoisotopic (exact) mass is 199 g/mol. The van der Waals surface area contributed by atoms with Gasteiger partial charge >= 0.3 is 0 Å². The molecule has 0 saturated carbocycles. The summed E-state index contributed by atoms with van der Waals surface area (Å²) in [6.07, 6.45) is 3.55. The summed E-state index contributed by atoms with van der Waals surface area (Å²) in [5.74, 6) is 0. The zero-order chi connectivity index (χ0) is 10.4. The number of rotatable bonds is 6. The van der Waals surface area contributed by atoms with E-state index in [4.69, 9.17) is 9.84 Å². The van der Waals surface area contributed by atoms with Gasteiger partial charge in [-0.15, -0.1) is 5.10 Å². The van der Waals surface area contributed by atoms with Gasteiger partial charge in [0, 0.05) is 19.9 Å². The molecule has 1 N–H and O–H groups in total. The maximum atomic E-state index is 8.64. The first-order valence-electron chi connectivity index (χ1n) is 4.79. The molecule has 1 heterocycles. The summed E-state index contributed by atoms with van der Waals surface area (Å²) in [5, 5.41) is 16.6. The summed E-state index contributed by atoms with van der Waals surface area (Å²) < 4.78 is 6.88. The van der Waals surface area contributed by atoms with Crippen LogP contribution >= 0.6 is 0 Å². The Morgan fingerprint density at radius 3 is 3.07 bits per heavy atom. The molecule has 0 bridgehead atoms. The Morgan fingerprint density at radius 2 is 2.43 bits per heavy atom. The molecule has 1 atom stereocenters. The van der Waals surface area contributed by atoms with Crippen LogP contribution in [0.15, 0.2) is 6.20 Å². The van der Waals surface area contributed by atoms with Gasteiger partial charge in [-0.3, -0.25) is 0 Å². The maximum Gasteiger partial charge on any atom is 0.0828 e. The van der Waals surface area contributed by atoms with E-state index < -0.39 is 0 Å². The molecule has 0 amide bonds. The number of nitrogens with zero attached hydrogens (tertiary/aromatic N) is 3. The van der Waals surface area contributed by atoms with Crippen molar-refractivity contribution in [1.29, 1.82) is 0 Å². The molecule has 1 aromatic rings. The molecular formula is C9H17N3O2. The lowest BCUT2D eigenvalue weighted by Gasteiger charge is -2.07. The van der Waals surface area contributed by atoms with E-state index in [0.717, 1.165) is 18.5 Å². The van der Waals surface area contributed by atoms with Crippen LogP contribution in [0.4, 0.5) is 0 Å². The number of hydrogen-bond acceptors (Lipinski definition) is 4. The number of aliphatic hydroxyl groups excluding tert-OH is 1. The van der Waals surface area contributed by atoms with Gasteiger partial charge in [0.05, 0.1) is 18.3 Å². The van der Waals surface area contributed by atoms with Crippen LogP contribution in [0, 0.1) is 0 Å². The third kappa shape index (κ3) is 3.43. The van der Waals surface area contributed by atoms with Gasteiger partial charge < -0.3 is 9.84 Å². The fourth-order valence-electron chi connectivity index (χ4n) is 1.14. The Labute approximate surface area is 83.7 Å². The number of ether oxygens (including phenoxy) is 1. The summed E-state index contributed by atoms with van der Waals surface area (Å²) in [6, 6.07) is 0. The summed E-state index contributed by atoms with van der Waals surface area (Å²) in [7, 11) is 1.67. The van der Waals surface area contributed by atoms with Gasteiger partial charge in [0.15, 0.2) is 0 Å². The van der Waals surface area contributed by atoms with E-state index in [9.17, 15) is 0 Å². The van der Waals surface area contributed by atoms with Crippen molar-refractivity contribution < 1.29 is 9.84 Å². The van der Waals surface area contributed by atoms with Crippen LogP contribution in [0.25, 0.3) is 0 Å². The van der Waals surface area contributed by atoms with Crippen molar-refractivity contribution >= 4 is 0 Å². The lowest BCUT2D eigenvalue weighted by atomic mass is 10.2. The van der Waals surface area contributed by atoms with Crippen LogP contribution in [-0.2, 0) is 17.7 Å². The Kier molecular flexibility index (Phi) is 4.55. The van der Waals surface area contributed by atoms with Gasteiger partial charge in [-0.2, -0.15) is 0 Å². The first-order chi connectivity index (χ1) is 6.76. The maximum absolute atomic E-state index is 8.64. The average Bonchev–Trinajstić information content (AvgIpc) is 2.62. The number of methoxy groups -OCH3 is 1. The highest BCUT2D eigenvalue weighted by Crippen LogP contribution is 1.99. The third-order valence-corrected chi connectivity index (χ3v) is 2.02. The molecule has 0 aliphatic heterocycles. The molecule has 0 spiro atoms. The topological polar surface area (TPSA) is 60.2 Å². The molecule has 5 nitrogen and oxygen atoms in total. The Morgan fingerprint density at radius 1 is 1.64 bits per heavy atom. The molecule has 0 aromatic carbocycles. The number of aliphatic hydroxyl groups is 1. The van der Waals surface area contributed by atoms with Gasteiger partial charge in [-0.1, -0.05) is 5.21 Å². The van der Waals surface area contributed by atoms with Crippen LogP contribution in [0.5, 0.6) is 0 Å². The van der Waals surface area contributed by atoms with Crippen LogP contribution in [0.3, 0.4) is 0 Å². The fraction of sp³-hybridized carbons (Fsp3) is 0.778. The predicted octanol–water partition coefficient (Wildman–Crippen LogP) is 0.238. The minimum absolute atomic E-state index is 0.141. The first kappa shape index (κ1) is 11.1. The van der Waals surface area contributed by atoms with Gasteiger partial charge in [0.25, 0.3) is 0 Å². The van der Waals surface area contributed by atoms with E-state index in [2.05, 4.69) is 10.3 Å². The van der Waals surface area contributed by atoms with Crippen molar-refractivity contribution in [1.82, 2.24) is 15.0 Å². The van der Waals surface area contributed by atoms with E-state index >= 15 is 0 Å². The summed E-state index contributed by atoms with van der Waals surface area (Å²) >= 11 is 0. The highest BCUT2D eigenvalue weighted by Gasteiger charge is 2.04. The SMILES string of the molecule is COC(C)Cn1cc(CCCO)nn1. The van der Waals surface area contributed by atoms with Crippen molar-refractivity contribution in [3.8, 4) is 0 Å². The van der Waals surface area contributed by atoms with Crippen molar-refractivity contribution in [2.75, 3.05) is 13.7 Å². The molecule has 0 aliphatic rings. The predicted molar refractivity (Wildman–Crippen MR) is 51.9 cm³/mol. The quantitative estimate of drug-likeness (QED) is 0.713. The smallest absolute Gasteiger partial charge is 0.0828 e. The van der Waals surface area contributed by atoms with E-state index in [0.29, 0.717) is 6.54 Å². The second-order valence-corrected chi connectivity index (χ2v) is 3.31. The highest BCUT2D eigenvalue weighted by atomic mass is 16.5. The van der Waals surface area contributed by atoms with Gasteiger partial charge in [0.2, 0.25) is 0 Å². The highest BCUT2D eigenvalue weighted by molar-refractivity contribution is 4.92. The van der Waals surface area contributed by atoms with Crippen molar-refractivity contribution in [3.63, 3.8) is 0 Å². The van der Waals surface area contributed by atoms with Gasteiger partial charge in [-0.25, -0.2) is 4.68 Å². The molecule has 5 heteroatoms. The lowest BCUT2D eigenvalue weighted by Crippen LogP contribution is -2.14. The van der Waals surface area contributed by atoms with E-state index in [-0.39, 0.29) is 12.7 Å². The van der Waals surface area contributed by atoms with Gasteiger partial charge in [0.1, 0.15) is 0 Å².